The van der Waals surface area contributed by atoms with Crippen LogP contribution in [-0.4, -0.2) is 16.6 Å². The number of aliphatic hydroxyl groups is 1. The molecule has 0 saturated heterocycles. The molecule has 0 bridgehead atoms. The molecule has 4 fully saturated rings. The number of hydrogen-bond acceptors (Lipinski definition) is 3. The summed E-state index contributed by atoms with van der Waals surface area (Å²) in [7, 11) is 0. The standard InChI is InChI=1S/C19H31NO2/c1-17-9-10-19(20,22)11-12(17)3-4-13-14-5-6-16(21)18(14,2)8-7-15(13)17/h12-15,22H,3-11,20H2,1-2H3/t12-,13-,14-,15-,17-,18-,19+/m0/s1. The lowest BCUT2D eigenvalue weighted by Gasteiger charge is -2.61. The maximum absolute atomic E-state index is 12.4. The highest BCUT2D eigenvalue weighted by Gasteiger charge is 2.60. The Balaban J connectivity index is 1.63. The average Bonchev–Trinajstić information content (AvgIpc) is 2.76. The van der Waals surface area contributed by atoms with Crippen molar-refractivity contribution in [1.29, 1.82) is 0 Å². The van der Waals surface area contributed by atoms with Crippen LogP contribution in [0.1, 0.15) is 71.6 Å². The highest BCUT2D eigenvalue weighted by molar-refractivity contribution is 5.87. The van der Waals surface area contributed by atoms with E-state index in [1.165, 1.54) is 19.3 Å². The van der Waals surface area contributed by atoms with Crippen LogP contribution in [0.25, 0.3) is 0 Å². The van der Waals surface area contributed by atoms with Crippen LogP contribution in [0.4, 0.5) is 0 Å². The van der Waals surface area contributed by atoms with Crippen molar-refractivity contribution < 1.29 is 9.90 Å². The maximum Gasteiger partial charge on any atom is 0.139 e. The van der Waals surface area contributed by atoms with Gasteiger partial charge in [0.15, 0.2) is 0 Å². The molecule has 4 saturated carbocycles. The fourth-order valence-electron chi connectivity index (χ4n) is 7.05. The van der Waals surface area contributed by atoms with Crippen LogP contribution >= 0.6 is 0 Å². The Labute approximate surface area is 134 Å². The van der Waals surface area contributed by atoms with Gasteiger partial charge in [-0.1, -0.05) is 13.8 Å². The predicted molar refractivity (Wildman–Crippen MR) is 85.9 cm³/mol. The molecule has 0 aromatic carbocycles. The van der Waals surface area contributed by atoms with Crippen molar-refractivity contribution >= 4 is 5.78 Å². The molecule has 0 aromatic heterocycles. The molecule has 124 valence electrons. The summed E-state index contributed by atoms with van der Waals surface area (Å²) in [4.78, 5) is 12.4. The average molecular weight is 305 g/mol. The van der Waals surface area contributed by atoms with E-state index in [0.717, 1.165) is 50.4 Å². The maximum atomic E-state index is 12.4. The van der Waals surface area contributed by atoms with Gasteiger partial charge in [-0.3, -0.25) is 4.79 Å². The first-order valence-corrected chi connectivity index (χ1v) is 9.31. The third-order valence-electron chi connectivity index (χ3n) is 8.47. The van der Waals surface area contributed by atoms with E-state index in [1.54, 1.807) is 0 Å². The van der Waals surface area contributed by atoms with E-state index in [0.29, 0.717) is 23.0 Å². The highest BCUT2D eigenvalue weighted by atomic mass is 16.3. The Hall–Kier alpha value is -0.410. The number of carbonyl (C=O) groups is 1. The molecule has 0 aromatic rings. The molecule has 0 radical (unpaired) electrons. The minimum atomic E-state index is -0.941. The van der Waals surface area contributed by atoms with Crippen molar-refractivity contribution in [2.24, 2.45) is 40.2 Å². The molecule has 4 aliphatic rings. The lowest BCUT2D eigenvalue weighted by atomic mass is 9.45. The van der Waals surface area contributed by atoms with Crippen LogP contribution < -0.4 is 5.73 Å². The molecule has 22 heavy (non-hydrogen) atoms. The van der Waals surface area contributed by atoms with E-state index < -0.39 is 5.72 Å². The molecular weight excluding hydrogens is 274 g/mol. The van der Waals surface area contributed by atoms with Gasteiger partial charge < -0.3 is 10.8 Å². The minimum Gasteiger partial charge on any atom is -0.376 e. The van der Waals surface area contributed by atoms with Gasteiger partial charge in [-0.05, 0) is 80.5 Å². The van der Waals surface area contributed by atoms with Crippen LogP contribution in [0.15, 0.2) is 0 Å². The normalized spacial score (nSPS) is 57.9. The Bertz CT molecular complexity index is 502. The van der Waals surface area contributed by atoms with Crippen molar-refractivity contribution in [2.75, 3.05) is 0 Å². The van der Waals surface area contributed by atoms with E-state index in [-0.39, 0.29) is 5.41 Å². The molecule has 0 aliphatic heterocycles. The van der Waals surface area contributed by atoms with Gasteiger partial charge in [0.2, 0.25) is 0 Å². The molecule has 3 nitrogen and oxygen atoms in total. The molecule has 0 unspecified atom stereocenters. The fourth-order valence-corrected chi connectivity index (χ4v) is 7.05. The number of ketones is 1. The molecular formula is C19H31NO2. The van der Waals surface area contributed by atoms with E-state index in [9.17, 15) is 9.90 Å². The second-order valence-electron chi connectivity index (χ2n) is 9.38. The number of fused-ring (bicyclic) bond motifs is 5. The number of hydrogen-bond donors (Lipinski definition) is 2. The Morgan fingerprint density at radius 3 is 2.59 bits per heavy atom. The van der Waals surface area contributed by atoms with E-state index in [1.807, 2.05) is 0 Å². The molecule has 7 atom stereocenters. The van der Waals surface area contributed by atoms with Crippen molar-refractivity contribution in [3.05, 3.63) is 0 Å². The lowest BCUT2D eigenvalue weighted by molar-refractivity contribution is -0.152. The smallest absolute Gasteiger partial charge is 0.139 e. The first-order valence-electron chi connectivity index (χ1n) is 9.31. The summed E-state index contributed by atoms with van der Waals surface area (Å²) in [5.74, 6) is 3.19. The zero-order chi connectivity index (χ0) is 15.8. The summed E-state index contributed by atoms with van der Waals surface area (Å²) in [6.07, 6.45) is 9.24. The summed E-state index contributed by atoms with van der Waals surface area (Å²) >= 11 is 0. The third-order valence-corrected chi connectivity index (χ3v) is 8.47. The van der Waals surface area contributed by atoms with Crippen LogP contribution in [0, 0.1) is 34.5 Å². The number of Topliss-reactive ketones (excluding diaryl/α,β-unsaturated/α-hetero) is 1. The van der Waals surface area contributed by atoms with Crippen molar-refractivity contribution in [3.63, 3.8) is 0 Å². The first-order chi connectivity index (χ1) is 10.3. The number of rotatable bonds is 0. The summed E-state index contributed by atoms with van der Waals surface area (Å²) in [6.45, 7) is 4.71. The third kappa shape index (κ3) is 1.91. The molecule has 4 rings (SSSR count). The SMILES string of the molecule is C[C@]12CC[C@@](N)(O)C[C@@H]1CC[C@@H]1[C@@H]2CC[C@]2(C)C(=O)CC[C@@H]12. The van der Waals surface area contributed by atoms with Gasteiger partial charge in [0.05, 0.1) is 0 Å². The molecule has 4 aliphatic carbocycles. The largest absolute Gasteiger partial charge is 0.376 e. The summed E-state index contributed by atoms with van der Waals surface area (Å²) in [6, 6.07) is 0. The summed E-state index contributed by atoms with van der Waals surface area (Å²) in [5.41, 5.74) is 5.42. The zero-order valence-electron chi connectivity index (χ0n) is 14.1. The topological polar surface area (TPSA) is 63.3 Å². The van der Waals surface area contributed by atoms with Crippen LogP contribution in [0.5, 0.6) is 0 Å². The molecule has 0 heterocycles. The van der Waals surface area contributed by atoms with Gasteiger partial charge in [-0.2, -0.15) is 0 Å². The van der Waals surface area contributed by atoms with Gasteiger partial charge in [-0.25, -0.2) is 0 Å². The van der Waals surface area contributed by atoms with Crippen molar-refractivity contribution in [2.45, 2.75) is 77.4 Å². The first kappa shape index (κ1) is 15.1. The van der Waals surface area contributed by atoms with Crippen molar-refractivity contribution in [1.82, 2.24) is 0 Å². The van der Waals surface area contributed by atoms with Crippen LogP contribution in [0.3, 0.4) is 0 Å². The highest BCUT2D eigenvalue weighted by Crippen LogP contribution is 2.65. The van der Waals surface area contributed by atoms with Gasteiger partial charge in [0, 0.05) is 11.8 Å². The lowest BCUT2D eigenvalue weighted by Crippen LogP contribution is -2.57. The predicted octanol–water partition coefficient (Wildman–Crippen LogP) is 3.25. The monoisotopic (exact) mass is 305 g/mol. The molecule has 0 spiro atoms. The van der Waals surface area contributed by atoms with Gasteiger partial charge in [-0.15, -0.1) is 0 Å². The number of carbonyl (C=O) groups excluding carboxylic acids is 1. The van der Waals surface area contributed by atoms with Crippen LogP contribution in [0.2, 0.25) is 0 Å². The van der Waals surface area contributed by atoms with Crippen LogP contribution in [-0.2, 0) is 4.79 Å². The Kier molecular flexibility index (Phi) is 3.14. The Morgan fingerprint density at radius 2 is 1.82 bits per heavy atom. The van der Waals surface area contributed by atoms with E-state index >= 15 is 0 Å². The second-order valence-corrected chi connectivity index (χ2v) is 9.38. The Morgan fingerprint density at radius 1 is 1.05 bits per heavy atom. The number of nitrogens with two attached hydrogens (primary N) is 1. The summed E-state index contributed by atoms with van der Waals surface area (Å²) < 4.78 is 0. The molecule has 3 heteroatoms. The summed E-state index contributed by atoms with van der Waals surface area (Å²) in [5, 5.41) is 10.3. The fraction of sp³-hybridized carbons (Fsp3) is 0.947. The minimum absolute atomic E-state index is 0.0202. The molecule has 0 amide bonds. The van der Waals surface area contributed by atoms with Crippen molar-refractivity contribution in [3.8, 4) is 0 Å². The van der Waals surface area contributed by atoms with E-state index in [4.69, 9.17) is 5.73 Å². The van der Waals surface area contributed by atoms with Gasteiger partial charge in [0.25, 0.3) is 0 Å². The van der Waals surface area contributed by atoms with Gasteiger partial charge in [0.1, 0.15) is 11.5 Å². The quantitative estimate of drug-likeness (QED) is 0.675. The second kappa shape index (κ2) is 4.57. The van der Waals surface area contributed by atoms with E-state index in [2.05, 4.69) is 13.8 Å². The molecule has 3 N–H and O–H groups in total. The zero-order valence-corrected chi connectivity index (χ0v) is 14.1. The van der Waals surface area contributed by atoms with Gasteiger partial charge >= 0.3 is 0 Å².